The molecule has 0 saturated carbocycles. The van der Waals surface area contributed by atoms with E-state index in [0.717, 1.165) is 11.2 Å². The minimum Gasteiger partial charge on any atom is -0.289 e. The molecule has 2 radical (unpaired) electrons. The van der Waals surface area contributed by atoms with Gasteiger partial charge in [0.05, 0.1) is 0 Å². The van der Waals surface area contributed by atoms with Crippen molar-refractivity contribution in [2.45, 2.75) is 6.92 Å². The zero-order valence-electron chi connectivity index (χ0n) is 6.15. The number of fused-ring (bicyclic) bond motifs is 1. The molecule has 0 unspecified atom stereocenters. The van der Waals surface area contributed by atoms with Gasteiger partial charge in [0.15, 0.2) is 5.65 Å². The molecule has 0 aliphatic carbocycles. The molecule has 2 aromatic heterocycles. The minimum absolute atomic E-state index is 0.669. The molecule has 0 bridgehead atoms. The number of hydrogen-bond acceptors (Lipinski definition) is 2. The number of aryl methyl sites for hydroxylation is 1. The van der Waals surface area contributed by atoms with Crippen LogP contribution < -0.4 is 5.46 Å². The molecule has 0 N–H and O–H groups in total. The molecule has 11 heavy (non-hydrogen) atoms. The Hall–Kier alpha value is -1.32. The average Bonchev–Trinajstić information content (AvgIpc) is 2.34. The van der Waals surface area contributed by atoms with Gasteiger partial charge in [-0.15, -0.1) is 10.2 Å². The fourth-order valence-electron chi connectivity index (χ4n) is 1.11. The molecule has 0 saturated heterocycles. The van der Waals surface area contributed by atoms with Gasteiger partial charge in [-0.2, -0.15) is 0 Å². The second kappa shape index (κ2) is 2.08. The fraction of sp³-hybridized carbons (Fsp3) is 0.143. The van der Waals surface area contributed by atoms with Crippen molar-refractivity contribution in [3.05, 3.63) is 24.2 Å². The van der Waals surface area contributed by atoms with E-state index >= 15 is 0 Å². The summed E-state index contributed by atoms with van der Waals surface area (Å²) in [6.45, 7) is 1.98. The van der Waals surface area contributed by atoms with Crippen molar-refractivity contribution in [1.82, 2.24) is 14.6 Å². The van der Waals surface area contributed by atoms with Crippen molar-refractivity contribution < 1.29 is 0 Å². The maximum absolute atomic E-state index is 5.68. The van der Waals surface area contributed by atoms with Crippen molar-refractivity contribution in [3.63, 3.8) is 0 Å². The molecule has 52 valence electrons. The lowest BCUT2D eigenvalue weighted by Gasteiger charge is -1.98. The molecule has 0 spiro atoms. The molecular weight excluding hydrogens is 137 g/mol. The summed E-state index contributed by atoms with van der Waals surface area (Å²) in [6.07, 6.45) is 3.57. The predicted octanol–water partition coefficient (Wildman–Crippen LogP) is -0.168. The molecule has 2 aromatic rings. The van der Waals surface area contributed by atoms with Crippen LogP contribution in [0.25, 0.3) is 5.65 Å². The number of rotatable bonds is 0. The minimum atomic E-state index is 0.669. The standard InChI is InChI=1S/C7H6BN3/c1-5-2-6(8)7-10-9-4-11(7)3-5/h2-4H,1H3. The highest BCUT2D eigenvalue weighted by Gasteiger charge is 1.97. The molecule has 2 rings (SSSR count). The molecule has 4 heteroatoms. The third-order valence-electron chi connectivity index (χ3n) is 1.56. The highest BCUT2D eigenvalue weighted by Crippen LogP contribution is 1.97. The van der Waals surface area contributed by atoms with Gasteiger partial charge in [0.2, 0.25) is 0 Å². The molecule has 0 fully saturated rings. The molecule has 3 nitrogen and oxygen atoms in total. The van der Waals surface area contributed by atoms with E-state index in [1.807, 2.05) is 23.6 Å². The zero-order chi connectivity index (χ0) is 7.84. The van der Waals surface area contributed by atoms with Crippen molar-refractivity contribution in [1.29, 1.82) is 0 Å². The van der Waals surface area contributed by atoms with Crippen LogP contribution in [0.2, 0.25) is 0 Å². The third kappa shape index (κ3) is 0.907. The average molecular weight is 143 g/mol. The number of aromatic nitrogens is 3. The summed E-state index contributed by atoms with van der Waals surface area (Å²) in [6, 6.07) is 1.88. The van der Waals surface area contributed by atoms with Gasteiger partial charge >= 0.3 is 0 Å². The second-order valence-electron chi connectivity index (χ2n) is 2.53. The van der Waals surface area contributed by atoms with Gasteiger partial charge < -0.3 is 0 Å². The van der Waals surface area contributed by atoms with E-state index in [9.17, 15) is 0 Å². The van der Waals surface area contributed by atoms with Crippen LogP contribution in [0.5, 0.6) is 0 Å². The van der Waals surface area contributed by atoms with Gasteiger partial charge in [-0.3, -0.25) is 4.40 Å². The molecular formula is C7H6BN3. The van der Waals surface area contributed by atoms with Crippen LogP contribution in [0.1, 0.15) is 5.56 Å². The molecule has 0 amide bonds. The lowest BCUT2D eigenvalue weighted by molar-refractivity contribution is 1.10. The fourth-order valence-corrected chi connectivity index (χ4v) is 1.11. The predicted molar refractivity (Wildman–Crippen MR) is 43.1 cm³/mol. The molecule has 0 aliphatic rings. The lowest BCUT2D eigenvalue weighted by atomic mass is 9.96. The second-order valence-corrected chi connectivity index (χ2v) is 2.53. The normalized spacial score (nSPS) is 10.6. The summed E-state index contributed by atoms with van der Waals surface area (Å²) < 4.78 is 1.81. The van der Waals surface area contributed by atoms with Crippen molar-refractivity contribution in [2.75, 3.05) is 0 Å². The van der Waals surface area contributed by atoms with Gasteiger partial charge in [0.25, 0.3) is 0 Å². The summed E-state index contributed by atoms with van der Waals surface area (Å²) in [5.41, 5.74) is 2.49. The number of hydrogen-bond donors (Lipinski definition) is 0. The summed E-state index contributed by atoms with van der Waals surface area (Å²) in [5, 5.41) is 7.58. The highest BCUT2D eigenvalue weighted by molar-refractivity contribution is 6.36. The first-order chi connectivity index (χ1) is 5.27. The van der Waals surface area contributed by atoms with Gasteiger partial charge in [-0.1, -0.05) is 11.5 Å². The number of nitrogens with zero attached hydrogens (tertiary/aromatic N) is 3. The third-order valence-corrected chi connectivity index (χ3v) is 1.56. The summed E-state index contributed by atoms with van der Waals surface area (Å²) in [7, 11) is 5.68. The van der Waals surface area contributed by atoms with E-state index in [1.165, 1.54) is 0 Å². The Bertz CT molecular complexity index is 393. The maximum atomic E-state index is 5.68. The quantitative estimate of drug-likeness (QED) is 0.479. The first kappa shape index (κ1) is 6.40. The van der Waals surface area contributed by atoms with Gasteiger partial charge in [-0.05, 0) is 12.5 Å². The first-order valence-electron chi connectivity index (χ1n) is 3.33. The Morgan fingerprint density at radius 1 is 1.55 bits per heavy atom. The van der Waals surface area contributed by atoms with Crippen LogP contribution in [-0.2, 0) is 0 Å². The SMILES string of the molecule is [B]c1cc(C)cn2cnnc12. The topological polar surface area (TPSA) is 30.2 Å². The molecule has 0 aromatic carbocycles. The Kier molecular flexibility index (Phi) is 1.21. The van der Waals surface area contributed by atoms with E-state index in [2.05, 4.69) is 10.2 Å². The Morgan fingerprint density at radius 2 is 2.36 bits per heavy atom. The smallest absolute Gasteiger partial charge is 0.153 e. The maximum Gasteiger partial charge on any atom is 0.153 e. The van der Waals surface area contributed by atoms with Crippen molar-refractivity contribution >= 4 is 19.0 Å². The van der Waals surface area contributed by atoms with Crippen LogP contribution >= 0.6 is 0 Å². The van der Waals surface area contributed by atoms with Crippen LogP contribution in [0.3, 0.4) is 0 Å². The van der Waals surface area contributed by atoms with E-state index in [4.69, 9.17) is 7.85 Å². The molecule has 2 heterocycles. The Labute approximate surface area is 65.5 Å². The van der Waals surface area contributed by atoms with Gasteiger partial charge in [0, 0.05) is 6.20 Å². The van der Waals surface area contributed by atoms with Crippen LogP contribution in [0.15, 0.2) is 18.6 Å². The van der Waals surface area contributed by atoms with Crippen LogP contribution in [-0.4, -0.2) is 22.4 Å². The summed E-state index contributed by atoms with van der Waals surface area (Å²) >= 11 is 0. The first-order valence-corrected chi connectivity index (χ1v) is 3.33. The summed E-state index contributed by atoms with van der Waals surface area (Å²) in [5.74, 6) is 0. The van der Waals surface area contributed by atoms with E-state index in [0.29, 0.717) is 5.46 Å². The van der Waals surface area contributed by atoms with Crippen LogP contribution in [0, 0.1) is 6.92 Å². The largest absolute Gasteiger partial charge is 0.289 e. The molecule has 0 aliphatic heterocycles. The Morgan fingerprint density at radius 3 is 3.18 bits per heavy atom. The van der Waals surface area contributed by atoms with E-state index in [1.54, 1.807) is 6.33 Å². The van der Waals surface area contributed by atoms with Gasteiger partial charge in [-0.25, -0.2) is 0 Å². The highest BCUT2D eigenvalue weighted by atomic mass is 15.2. The van der Waals surface area contributed by atoms with E-state index < -0.39 is 0 Å². The van der Waals surface area contributed by atoms with Crippen LogP contribution in [0.4, 0.5) is 0 Å². The summed E-state index contributed by atoms with van der Waals surface area (Å²) in [4.78, 5) is 0. The van der Waals surface area contributed by atoms with Gasteiger partial charge in [0.1, 0.15) is 14.2 Å². The molecule has 0 atom stereocenters. The lowest BCUT2D eigenvalue weighted by Crippen LogP contribution is -2.08. The Balaban J connectivity index is 2.91. The van der Waals surface area contributed by atoms with Crippen molar-refractivity contribution in [2.24, 2.45) is 0 Å². The van der Waals surface area contributed by atoms with E-state index in [-0.39, 0.29) is 0 Å². The number of pyridine rings is 1. The monoisotopic (exact) mass is 143 g/mol. The van der Waals surface area contributed by atoms with Crippen molar-refractivity contribution in [3.8, 4) is 0 Å². The zero-order valence-corrected chi connectivity index (χ0v) is 6.15.